The van der Waals surface area contributed by atoms with Gasteiger partial charge in [-0.1, -0.05) is 29.8 Å². The van der Waals surface area contributed by atoms with Gasteiger partial charge in [-0.25, -0.2) is 4.79 Å². The highest BCUT2D eigenvalue weighted by atomic mass is 35.5. The number of aldehydes is 1. The SMILES string of the molecule is CCN(C(=O)N[C@H]1CCOc2cc(C(F)(F)F)ccc21)[C@H](CC=O)C(=O)N(C)Cc1ccc(Cl)cc1. The number of carbonyl (C=O) groups excluding carboxylic acids is 3. The third-order valence-electron chi connectivity index (χ3n) is 5.97. The molecule has 1 aliphatic heterocycles. The van der Waals surface area contributed by atoms with Crippen LogP contribution in [0.5, 0.6) is 5.75 Å². The number of ether oxygens (including phenoxy) is 1. The van der Waals surface area contributed by atoms with Crippen LogP contribution in [0.2, 0.25) is 5.02 Å². The number of benzene rings is 2. The first-order valence-electron chi connectivity index (χ1n) is 11.4. The van der Waals surface area contributed by atoms with Gasteiger partial charge in [0, 0.05) is 43.6 Å². The van der Waals surface area contributed by atoms with Gasteiger partial charge < -0.3 is 24.6 Å². The van der Waals surface area contributed by atoms with Gasteiger partial charge in [0.15, 0.2) is 0 Å². The van der Waals surface area contributed by atoms with E-state index < -0.39 is 35.8 Å². The summed E-state index contributed by atoms with van der Waals surface area (Å²) in [5.74, 6) is -0.371. The minimum absolute atomic E-state index is 0.0487. The third kappa shape index (κ3) is 6.48. The van der Waals surface area contributed by atoms with Crippen molar-refractivity contribution in [2.75, 3.05) is 20.2 Å². The molecule has 1 aliphatic rings. The van der Waals surface area contributed by atoms with E-state index in [0.29, 0.717) is 23.3 Å². The lowest BCUT2D eigenvalue weighted by Gasteiger charge is -2.34. The van der Waals surface area contributed by atoms with E-state index in [9.17, 15) is 27.6 Å². The van der Waals surface area contributed by atoms with E-state index in [0.717, 1.165) is 17.7 Å². The third-order valence-corrected chi connectivity index (χ3v) is 6.22. The summed E-state index contributed by atoms with van der Waals surface area (Å²) in [4.78, 5) is 40.5. The Morgan fingerprint density at radius 2 is 1.92 bits per heavy atom. The monoisotopic (exact) mass is 525 g/mol. The molecule has 2 aromatic rings. The molecule has 0 unspecified atom stereocenters. The fourth-order valence-electron chi connectivity index (χ4n) is 4.10. The van der Waals surface area contributed by atoms with Crippen LogP contribution in [-0.4, -0.2) is 54.3 Å². The molecule has 0 spiro atoms. The number of rotatable bonds is 8. The molecule has 36 heavy (non-hydrogen) atoms. The summed E-state index contributed by atoms with van der Waals surface area (Å²) < 4.78 is 44.6. The van der Waals surface area contributed by atoms with E-state index in [2.05, 4.69) is 5.32 Å². The van der Waals surface area contributed by atoms with Crippen molar-refractivity contribution in [3.8, 4) is 5.75 Å². The predicted molar refractivity (Wildman–Crippen MR) is 128 cm³/mol. The lowest BCUT2D eigenvalue weighted by atomic mass is 9.98. The summed E-state index contributed by atoms with van der Waals surface area (Å²) in [6.07, 6.45) is -3.81. The molecule has 0 aromatic heterocycles. The summed E-state index contributed by atoms with van der Waals surface area (Å²) in [6.45, 7) is 2.18. The van der Waals surface area contributed by atoms with E-state index in [1.54, 1.807) is 38.2 Å². The van der Waals surface area contributed by atoms with Gasteiger partial charge >= 0.3 is 12.2 Å². The highest BCUT2D eigenvalue weighted by Gasteiger charge is 2.35. The number of halogens is 4. The molecule has 11 heteroatoms. The number of carbonyl (C=O) groups is 3. The minimum atomic E-state index is -4.52. The average Bonchev–Trinajstić information content (AvgIpc) is 2.84. The number of alkyl halides is 3. The maximum absolute atomic E-state index is 13.2. The van der Waals surface area contributed by atoms with Gasteiger partial charge in [-0.05, 0) is 36.8 Å². The molecule has 1 heterocycles. The molecule has 0 radical (unpaired) electrons. The van der Waals surface area contributed by atoms with Crippen molar-refractivity contribution in [1.82, 2.24) is 15.1 Å². The molecule has 0 aliphatic carbocycles. The van der Waals surface area contributed by atoms with Gasteiger partial charge in [0.05, 0.1) is 18.2 Å². The van der Waals surface area contributed by atoms with Crippen molar-refractivity contribution in [2.24, 2.45) is 0 Å². The second-order valence-electron chi connectivity index (χ2n) is 8.41. The molecule has 1 N–H and O–H groups in total. The van der Waals surface area contributed by atoms with Crippen LogP contribution in [0.1, 0.15) is 42.5 Å². The van der Waals surface area contributed by atoms with Crippen LogP contribution in [0.15, 0.2) is 42.5 Å². The van der Waals surface area contributed by atoms with E-state index in [-0.39, 0.29) is 31.9 Å². The molecule has 0 fully saturated rings. The molecule has 0 bridgehead atoms. The molecule has 194 valence electrons. The van der Waals surface area contributed by atoms with Crippen LogP contribution < -0.4 is 10.1 Å². The maximum Gasteiger partial charge on any atom is 0.416 e. The van der Waals surface area contributed by atoms with Gasteiger partial charge in [0.2, 0.25) is 5.91 Å². The summed E-state index contributed by atoms with van der Waals surface area (Å²) in [5, 5.41) is 3.36. The van der Waals surface area contributed by atoms with E-state index in [1.807, 2.05) is 0 Å². The number of fused-ring (bicyclic) bond motifs is 1. The average molecular weight is 526 g/mol. The summed E-state index contributed by atoms with van der Waals surface area (Å²) in [7, 11) is 1.58. The molecule has 7 nitrogen and oxygen atoms in total. The molecule has 3 amide bonds. The van der Waals surface area contributed by atoms with Crippen molar-refractivity contribution >= 4 is 29.8 Å². The highest BCUT2D eigenvalue weighted by Crippen LogP contribution is 2.38. The van der Waals surface area contributed by atoms with Crippen molar-refractivity contribution in [1.29, 1.82) is 0 Å². The predicted octanol–water partition coefficient (Wildman–Crippen LogP) is 4.83. The Morgan fingerprint density at radius 3 is 2.53 bits per heavy atom. The minimum Gasteiger partial charge on any atom is -0.493 e. The van der Waals surface area contributed by atoms with Gasteiger partial charge in [0.25, 0.3) is 0 Å². The normalized spacial score (nSPS) is 15.8. The van der Waals surface area contributed by atoms with Crippen LogP contribution in [0.3, 0.4) is 0 Å². The Labute approximate surface area is 212 Å². The topological polar surface area (TPSA) is 79.0 Å². The van der Waals surface area contributed by atoms with E-state index in [4.69, 9.17) is 16.3 Å². The molecular weight excluding hydrogens is 499 g/mol. The van der Waals surface area contributed by atoms with Crippen LogP contribution >= 0.6 is 11.6 Å². The molecular formula is C25H27ClF3N3O4. The summed E-state index contributed by atoms with van der Waals surface area (Å²) >= 11 is 5.91. The first-order valence-corrected chi connectivity index (χ1v) is 11.8. The second kappa shape index (κ2) is 11.6. The van der Waals surface area contributed by atoms with Crippen LogP contribution in [-0.2, 0) is 22.3 Å². The number of nitrogens with one attached hydrogen (secondary N) is 1. The van der Waals surface area contributed by atoms with Crippen LogP contribution in [0.25, 0.3) is 0 Å². The fourth-order valence-corrected chi connectivity index (χ4v) is 4.23. The van der Waals surface area contributed by atoms with Gasteiger partial charge in [-0.15, -0.1) is 0 Å². The lowest BCUT2D eigenvalue weighted by Crippen LogP contribution is -2.53. The Morgan fingerprint density at radius 1 is 1.22 bits per heavy atom. The standard InChI is InChI=1S/C25H27ClF3N3O4/c1-3-32(21(10-12-33)23(34)31(2)15-16-4-7-18(26)8-5-16)24(35)30-20-11-13-36-22-14-17(25(27,28)29)6-9-19(20)22/h4-9,12,14,20-21H,3,10-11,13,15H2,1-2H3,(H,30,35)/t20-,21+/m0/s1. The lowest BCUT2D eigenvalue weighted by molar-refractivity contribution is -0.137. The van der Waals surface area contributed by atoms with Crippen molar-refractivity contribution < 1.29 is 32.3 Å². The zero-order chi connectivity index (χ0) is 26.5. The zero-order valence-corrected chi connectivity index (χ0v) is 20.6. The zero-order valence-electron chi connectivity index (χ0n) is 19.8. The van der Waals surface area contributed by atoms with Crippen molar-refractivity contribution in [3.05, 3.63) is 64.2 Å². The van der Waals surface area contributed by atoms with Crippen molar-refractivity contribution in [2.45, 2.75) is 44.6 Å². The Hall–Kier alpha value is -3.27. The van der Waals surface area contributed by atoms with E-state index >= 15 is 0 Å². The largest absolute Gasteiger partial charge is 0.493 e. The summed E-state index contributed by atoms with van der Waals surface area (Å²) in [5.41, 5.74) is 0.394. The highest BCUT2D eigenvalue weighted by molar-refractivity contribution is 6.30. The number of urea groups is 1. The summed E-state index contributed by atoms with van der Waals surface area (Å²) in [6, 6.07) is 7.83. The number of hydrogen-bond acceptors (Lipinski definition) is 4. The molecule has 3 rings (SSSR count). The Kier molecular flexibility index (Phi) is 8.84. The van der Waals surface area contributed by atoms with Gasteiger partial charge in [0.1, 0.15) is 18.1 Å². The molecule has 2 atom stereocenters. The van der Waals surface area contributed by atoms with Gasteiger partial charge in [-0.2, -0.15) is 13.2 Å². The van der Waals surface area contributed by atoms with Crippen LogP contribution in [0, 0.1) is 0 Å². The smallest absolute Gasteiger partial charge is 0.416 e. The first-order chi connectivity index (χ1) is 17.0. The number of nitrogens with zero attached hydrogens (tertiary/aromatic N) is 2. The quantitative estimate of drug-likeness (QED) is 0.501. The molecule has 0 saturated carbocycles. The first kappa shape index (κ1) is 27.3. The second-order valence-corrected chi connectivity index (χ2v) is 8.85. The van der Waals surface area contributed by atoms with Gasteiger partial charge in [-0.3, -0.25) is 4.79 Å². The fraction of sp³-hybridized carbons (Fsp3) is 0.400. The molecule has 0 saturated heterocycles. The number of amides is 3. The maximum atomic E-state index is 13.2. The Balaban J connectivity index is 1.76. The van der Waals surface area contributed by atoms with E-state index in [1.165, 1.54) is 15.9 Å². The number of likely N-dealkylation sites (N-methyl/N-ethyl adjacent to an activating group) is 2. The number of hydrogen-bond donors (Lipinski definition) is 1. The van der Waals surface area contributed by atoms with Crippen LogP contribution in [0.4, 0.5) is 18.0 Å². The van der Waals surface area contributed by atoms with Crippen molar-refractivity contribution in [3.63, 3.8) is 0 Å². The molecule has 2 aromatic carbocycles. The Bertz CT molecular complexity index is 1090.